The Balaban J connectivity index is 1.22. The Kier molecular flexibility index (Phi) is 5.95. The minimum Gasteiger partial charge on any atom is -0.338 e. The number of sulfonamides is 1. The molecule has 0 radical (unpaired) electrons. The SMILES string of the molecule is O=S(=O)(c1ccc2c(c1)CCC2)N1CCN(Cc2nc(-c3cccc(C(F)(F)F)c3)no2)CC1. The van der Waals surface area contributed by atoms with Crippen molar-refractivity contribution in [2.45, 2.75) is 36.9 Å². The van der Waals surface area contributed by atoms with Gasteiger partial charge in [-0.2, -0.15) is 22.5 Å². The van der Waals surface area contributed by atoms with E-state index in [0.29, 0.717) is 37.6 Å². The molecule has 7 nitrogen and oxygen atoms in total. The average Bonchev–Trinajstić information content (AvgIpc) is 3.48. The van der Waals surface area contributed by atoms with Crippen LogP contribution in [0.2, 0.25) is 0 Å². The van der Waals surface area contributed by atoms with Gasteiger partial charge in [-0.15, -0.1) is 0 Å². The molecule has 2 aliphatic rings. The van der Waals surface area contributed by atoms with Crippen molar-refractivity contribution in [2.75, 3.05) is 26.2 Å². The van der Waals surface area contributed by atoms with Gasteiger partial charge in [-0.05, 0) is 54.7 Å². The first-order valence-electron chi connectivity index (χ1n) is 11.0. The molecule has 0 atom stereocenters. The monoisotopic (exact) mass is 492 g/mol. The van der Waals surface area contributed by atoms with Gasteiger partial charge in [0.05, 0.1) is 17.0 Å². The van der Waals surface area contributed by atoms with Gasteiger partial charge in [-0.25, -0.2) is 8.42 Å². The second kappa shape index (κ2) is 8.79. The normalized spacial score (nSPS) is 17.7. The second-order valence-electron chi connectivity index (χ2n) is 8.55. The van der Waals surface area contributed by atoms with Gasteiger partial charge in [0.15, 0.2) is 0 Å². The van der Waals surface area contributed by atoms with E-state index in [1.54, 1.807) is 12.1 Å². The summed E-state index contributed by atoms with van der Waals surface area (Å²) in [5, 5.41) is 3.81. The van der Waals surface area contributed by atoms with Crippen molar-refractivity contribution in [1.29, 1.82) is 0 Å². The Bertz CT molecular complexity index is 1300. The maximum Gasteiger partial charge on any atom is 0.416 e. The first-order valence-corrected chi connectivity index (χ1v) is 12.5. The fourth-order valence-corrected chi connectivity index (χ4v) is 5.92. The first kappa shape index (κ1) is 23.0. The van der Waals surface area contributed by atoms with Gasteiger partial charge in [0, 0.05) is 31.7 Å². The summed E-state index contributed by atoms with van der Waals surface area (Å²) in [6.45, 7) is 1.90. The van der Waals surface area contributed by atoms with Crippen LogP contribution in [0.4, 0.5) is 13.2 Å². The molecule has 0 spiro atoms. The molecule has 11 heteroatoms. The zero-order valence-electron chi connectivity index (χ0n) is 18.3. The molecule has 180 valence electrons. The Morgan fingerprint density at radius 2 is 1.74 bits per heavy atom. The van der Waals surface area contributed by atoms with Crippen molar-refractivity contribution in [3.8, 4) is 11.4 Å². The van der Waals surface area contributed by atoms with E-state index in [9.17, 15) is 21.6 Å². The maximum atomic E-state index is 13.1. The number of hydrogen-bond donors (Lipinski definition) is 0. The summed E-state index contributed by atoms with van der Waals surface area (Å²) in [5.41, 5.74) is 1.78. The predicted octanol–water partition coefficient (Wildman–Crippen LogP) is 3.75. The minimum absolute atomic E-state index is 0.0823. The van der Waals surface area contributed by atoms with Crippen LogP contribution in [0, 0.1) is 0 Å². The number of hydrogen-bond acceptors (Lipinski definition) is 6. The van der Waals surface area contributed by atoms with Crippen LogP contribution in [0.5, 0.6) is 0 Å². The smallest absolute Gasteiger partial charge is 0.338 e. The fourth-order valence-electron chi connectivity index (χ4n) is 4.45. The Morgan fingerprint density at radius 3 is 2.50 bits per heavy atom. The zero-order chi connectivity index (χ0) is 23.9. The molecule has 0 N–H and O–H groups in total. The lowest BCUT2D eigenvalue weighted by atomic mass is 10.1. The molecule has 1 saturated heterocycles. The highest BCUT2D eigenvalue weighted by Crippen LogP contribution is 2.31. The van der Waals surface area contributed by atoms with E-state index in [2.05, 4.69) is 10.1 Å². The average molecular weight is 493 g/mol. The number of benzene rings is 2. The number of nitrogens with zero attached hydrogens (tertiary/aromatic N) is 4. The van der Waals surface area contributed by atoms with Crippen LogP contribution in [0.1, 0.15) is 29.0 Å². The standard InChI is InChI=1S/C23H23F3N4O3S/c24-23(25,26)19-6-2-5-18(13-19)22-27-21(33-28-22)15-29-9-11-30(12-10-29)34(31,32)20-8-7-16-3-1-4-17(16)14-20/h2,5-8,13-14H,1,3-4,9-12,15H2. The number of alkyl halides is 3. The lowest BCUT2D eigenvalue weighted by molar-refractivity contribution is -0.137. The highest BCUT2D eigenvalue weighted by molar-refractivity contribution is 7.89. The lowest BCUT2D eigenvalue weighted by Gasteiger charge is -2.33. The Morgan fingerprint density at radius 1 is 0.971 bits per heavy atom. The highest BCUT2D eigenvalue weighted by atomic mass is 32.2. The molecule has 1 fully saturated rings. The van der Waals surface area contributed by atoms with E-state index in [1.807, 2.05) is 11.0 Å². The van der Waals surface area contributed by atoms with Gasteiger partial charge >= 0.3 is 6.18 Å². The number of aromatic nitrogens is 2. The summed E-state index contributed by atoms with van der Waals surface area (Å²) in [7, 11) is -3.56. The Hall–Kier alpha value is -2.76. The first-order chi connectivity index (χ1) is 16.2. The third-order valence-corrected chi connectivity index (χ3v) is 8.21. The van der Waals surface area contributed by atoms with Crippen LogP contribution in [-0.4, -0.2) is 53.9 Å². The Labute approximate surface area is 195 Å². The van der Waals surface area contributed by atoms with Gasteiger partial charge in [0.25, 0.3) is 0 Å². The minimum atomic E-state index is -4.46. The predicted molar refractivity (Wildman–Crippen MR) is 117 cm³/mol. The van der Waals surface area contributed by atoms with E-state index >= 15 is 0 Å². The molecule has 2 heterocycles. The van der Waals surface area contributed by atoms with Gasteiger partial charge in [-0.1, -0.05) is 23.4 Å². The lowest BCUT2D eigenvalue weighted by Crippen LogP contribution is -2.48. The van der Waals surface area contributed by atoms with Crippen LogP contribution in [-0.2, 0) is 35.6 Å². The number of rotatable bonds is 5. The van der Waals surface area contributed by atoms with E-state index in [1.165, 1.54) is 22.0 Å². The molecule has 0 unspecified atom stereocenters. The second-order valence-corrected chi connectivity index (χ2v) is 10.5. The van der Waals surface area contributed by atoms with Crippen LogP contribution in [0.3, 0.4) is 0 Å². The fraction of sp³-hybridized carbons (Fsp3) is 0.391. The molecule has 0 bridgehead atoms. The molecule has 34 heavy (non-hydrogen) atoms. The molecule has 2 aromatic carbocycles. The third kappa shape index (κ3) is 4.59. The maximum absolute atomic E-state index is 13.1. The van der Waals surface area contributed by atoms with Crippen molar-refractivity contribution in [2.24, 2.45) is 0 Å². The summed E-state index contributed by atoms with van der Waals surface area (Å²) in [6.07, 6.45) is -1.48. The number of fused-ring (bicyclic) bond motifs is 1. The third-order valence-electron chi connectivity index (χ3n) is 6.31. The summed E-state index contributed by atoms with van der Waals surface area (Å²) >= 11 is 0. The van der Waals surface area contributed by atoms with Crippen LogP contribution in [0.25, 0.3) is 11.4 Å². The van der Waals surface area contributed by atoms with Crippen molar-refractivity contribution in [1.82, 2.24) is 19.3 Å². The molecule has 1 aliphatic carbocycles. The van der Waals surface area contributed by atoms with E-state index < -0.39 is 21.8 Å². The summed E-state index contributed by atoms with van der Waals surface area (Å²) in [6, 6.07) is 10.2. The van der Waals surface area contributed by atoms with Gasteiger partial charge in [-0.3, -0.25) is 4.90 Å². The van der Waals surface area contributed by atoms with Gasteiger partial charge in [0.2, 0.25) is 21.7 Å². The van der Waals surface area contributed by atoms with E-state index in [-0.39, 0.29) is 17.3 Å². The summed E-state index contributed by atoms with van der Waals surface area (Å²) in [4.78, 5) is 6.55. The van der Waals surface area contributed by atoms with Crippen LogP contribution in [0.15, 0.2) is 51.9 Å². The number of halogens is 3. The van der Waals surface area contributed by atoms with Crippen molar-refractivity contribution in [3.05, 3.63) is 65.0 Å². The van der Waals surface area contributed by atoms with Gasteiger partial charge < -0.3 is 4.52 Å². The quantitative estimate of drug-likeness (QED) is 0.540. The molecular weight excluding hydrogens is 469 g/mol. The molecule has 3 aromatic rings. The molecule has 5 rings (SSSR count). The van der Waals surface area contributed by atoms with Gasteiger partial charge in [0.1, 0.15) is 0 Å². The molecular formula is C23H23F3N4O3S. The van der Waals surface area contributed by atoms with Crippen molar-refractivity contribution in [3.63, 3.8) is 0 Å². The van der Waals surface area contributed by atoms with Crippen LogP contribution < -0.4 is 0 Å². The highest BCUT2D eigenvalue weighted by Gasteiger charge is 2.32. The summed E-state index contributed by atoms with van der Waals surface area (Å²) < 4.78 is 71.8. The topological polar surface area (TPSA) is 79.5 Å². The molecule has 1 aliphatic heterocycles. The number of aryl methyl sites for hydroxylation is 2. The van der Waals surface area contributed by atoms with Crippen molar-refractivity contribution < 1.29 is 26.1 Å². The number of piperazine rings is 1. The van der Waals surface area contributed by atoms with Crippen LogP contribution >= 0.6 is 0 Å². The molecule has 1 aromatic heterocycles. The van der Waals surface area contributed by atoms with Crippen molar-refractivity contribution >= 4 is 10.0 Å². The van der Waals surface area contributed by atoms with E-state index in [0.717, 1.165) is 37.0 Å². The molecule has 0 saturated carbocycles. The largest absolute Gasteiger partial charge is 0.416 e. The summed E-state index contributed by atoms with van der Waals surface area (Å²) in [5.74, 6) is 0.348. The van der Waals surface area contributed by atoms with E-state index in [4.69, 9.17) is 4.52 Å². The molecule has 0 amide bonds. The zero-order valence-corrected chi connectivity index (χ0v) is 19.1.